The first-order valence-electron chi connectivity index (χ1n) is 10.3. The Kier molecular flexibility index (Phi) is 6.49. The molecule has 2 heterocycles. The van der Waals surface area contributed by atoms with Crippen molar-refractivity contribution in [3.8, 4) is 17.1 Å². The van der Waals surface area contributed by atoms with Gasteiger partial charge >= 0.3 is 5.97 Å². The molecule has 0 saturated heterocycles. The Morgan fingerprint density at radius 3 is 2.65 bits per heavy atom. The maximum absolute atomic E-state index is 11.1. The second kappa shape index (κ2) is 9.45. The Morgan fingerprint density at radius 1 is 1.19 bits per heavy atom. The summed E-state index contributed by atoms with van der Waals surface area (Å²) in [5, 5.41) is 9.84. The van der Waals surface area contributed by atoms with Crippen molar-refractivity contribution in [3.05, 3.63) is 76.6 Å². The smallest absolute Gasteiger partial charge is 0.307 e. The number of aliphatic carboxylic acids is 1. The molecule has 0 bridgehead atoms. The zero-order chi connectivity index (χ0) is 21.8. The van der Waals surface area contributed by atoms with Crippen LogP contribution >= 0.6 is 11.6 Å². The van der Waals surface area contributed by atoms with Crippen molar-refractivity contribution in [2.45, 2.75) is 26.5 Å². The topological polar surface area (TPSA) is 75.5 Å². The van der Waals surface area contributed by atoms with Gasteiger partial charge in [0.1, 0.15) is 12.4 Å². The molecule has 0 aliphatic carbocycles. The van der Waals surface area contributed by atoms with Crippen LogP contribution in [0.4, 0.5) is 0 Å². The molecule has 3 aromatic rings. The number of benzene rings is 2. The fourth-order valence-electron chi connectivity index (χ4n) is 3.58. The highest BCUT2D eigenvalue weighted by atomic mass is 35.5. The second-order valence-corrected chi connectivity index (χ2v) is 8.27. The highest BCUT2D eigenvalue weighted by molar-refractivity contribution is 6.30. The Labute approximate surface area is 186 Å². The average molecular weight is 438 g/mol. The summed E-state index contributed by atoms with van der Waals surface area (Å²) in [6.07, 6.45) is 2.65. The third-order valence-electron chi connectivity index (χ3n) is 5.40. The van der Waals surface area contributed by atoms with Gasteiger partial charge < -0.3 is 9.84 Å². The van der Waals surface area contributed by atoms with E-state index in [1.807, 2.05) is 54.7 Å². The van der Waals surface area contributed by atoms with Gasteiger partial charge in [0.2, 0.25) is 0 Å². The summed E-state index contributed by atoms with van der Waals surface area (Å²) >= 11 is 5.91. The van der Waals surface area contributed by atoms with E-state index in [2.05, 4.69) is 9.88 Å². The number of carboxylic acid groups (broad SMARTS) is 1. The fourth-order valence-corrected chi connectivity index (χ4v) is 3.71. The van der Waals surface area contributed by atoms with Crippen LogP contribution in [0.1, 0.15) is 23.7 Å². The number of aromatic nitrogens is 2. The first-order valence-corrected chi connectivity index (χ1v) is 10.6. The van der Waals surface area contributed by atoms with E-state index in [-0.39, 0.29) is 5.92 Å². The van der Waals surface area contributed by atoms with E-state index < -0.39 is 5.97 Å². The van der Waals surface area contributed by atoms with Gasteiger partial charge in [-0.3, -0.25) is 9.69 Å². The predicted octanol–water partition coefficient (Wildman–Crippen LogP) is 4.45. The third-order valence-corrected chi connectivity index (χ3v) is 5.65. The molecule has 0 spiro atoms. The number of halogens is 1. The molecular formula is C24H24ClN3O3. The van der Waals surface area contributed by atoms with Crippen LogP contribution in [0.15, 0.2) is 54.7 Å². The number of fused-ring (bicyclic) bond motifs is 1. The predicted molar refractivity (Wildman–Crippen MR) is 119 cm³/mol. The van der Waals surface area contributed by atoms with E-state index in [4.69, 9.17) is 26.4 Å². The molecule has 31 heavy (non-hydrogen) atoms. The molecule has 1 unspecified atom stereocenters. The molecule has 1 aromatic heterocycles. The second-order valence-electron chi connectivity index (χ2n) is 7.83. The lowest BCUT2D eigenvalue weighted by atomic mass is 10.0. The molecule has 6 nitrogen and oxygen atoms in total. The average Bonchev–Trinajstić information content (AvgIpc) is 2.78. The molecule has 0 radical (unpaired) electrons. The molecule has 2 aromatic carbocycles. The monoisotopic (exact) mass is 437 g/mol. The minimum atomic E-state index is -0.766. The summed E-state index contributed by atoms with van der Waals surface area (Å²) in [7, 11) is 0. The summed E-state index contributed by atoms with van der Waals surface area (Å²) in [5.74, 6) is 0.315. The standard InChI is InChI=1S/C24H24ClN3O3/c1-16(24(29)30)13-28-11-10-22-19(14-28)12-26-23(27-22)18-4-8-21(9-5-18)31-15-17-2-6-20(25)7-3-17/h2-9,12,16H,10-11,13-15H2,1H3,(H,29,30). The van der Waals surface area contributed by atoms with Crippen LogP contribution in [0, 0.1) is 5.92 Å². The number of nitrogens with zero attached hydrogens (tertiary/aromatic N) is 3. The third kappa shape index (κ3) is 5.40. The molecule has 1 N–H and O–H groups in total. The maximum atomic E-state index is 11.1. The van der Waals surface area contributed by atoms with Crippen LogP contribution in [-0.4, -0.2) is 39.0 Å². The van der Waals surface area contributed by atoms with Crippen molar-refractivity contribution < 1.29 is 14.6 Å². The number of ether oxygens (including phenoxy) is 1. The van der Waals surface area contributed by atoms with Crippen molar-refractivity contribution in [2.75, 3.05) is 13.1 Å². The van der Waals surface area contributed by atoms with Crippen molar-refractivity contribution in [2.24, 2.45) is 5.92 Å². The van der Waals surface area contributed by atoms with Gasteiger partial charge in [0, 0.05) is 48.4 Å². The molecule has 7 heteroatoms. The van der Waals surface area contributed by atoms with Gasteiger partial charge in [-0.25, -0.2) is 9.97 Å². The molecule has 0 fully saturated rings. The minimum Gasteiger partial charge on any atom is -0.489 e. The van der Waals surface area contributed by atoms with Gasteiger partial charge in [0.25, 0.3) is 0 Å². The Balaban J connectivity index is 1.39. The quantitative estimate of drug-likeness (QED) is 0.588. The molecule has 160 valence electrons. The normalized spacial score (nSPS) is 14.6. The number of carboxylic acids is 1. The van der Waals surface area contributed by atoms with Crippen LogP contribution in [0.2, 0.25) is 5.02 Å². The number of hydrogen-bond acceptors (Lipinski definition) is 5. The Bertz CT molecular complexity index is 1050. The Morgan fingerprint density at radius 2 is 1.94 bits per heavy atom. The zero-order valence-electron chi connectivity index (χ0n) is 17.3. The highest BCUT2D eigenvalue weighted by Gasteiger charge is 2.22. The van der Waals surface area contributed by atoms with E-state index in [1.165, 1.54) is 0 Å². The van der Waals surface area contributed by atoms with Crippen LogP contribution in [0.3, 0.4) is 0 Å². The van der Waals surface area contributed by atoms with Crippen LogP contribution < -0.4 is 4.74 Å². The first-order chi connectivity index (χ1) is 15.0. The van der Waals surface area contributed by atoms with Crippen molar-refractivity contribution in [3.63, 3.8) is 0 Å². The largest absolute Gasteiger partial charge is 0.489 e. The van der Waals surface area contributed by atoms with Crippen molar-refractivity contribution >= 4 is 17.6 Å². The molecule has 1 aliphatic heterocycles. The van der Waals surface area contributed by atoms with Crippen LogP contribution in [0.25, 0.3) is 11.4 Å². The molecular weight excluding hydrogens is 414 g/mol. The van der Waals surface area contributed by atoms with Crippen LogP contribution in [-0.2, 0) is 24.4 Å². The fraction of sp³-hybridized carbons (Fsp3) is 0.292. The summed E-state index contributed by atoms with van der Waals surface area (Å²) in [6, 6.07) is 15.4. The van der Waals surface area contributed by atoms with Gasteiger partial charge in [0.15, 0.2) is 5.82 Å². The SMILES string of the molecule is CC(CN1CCc2nc(-c3ccc(OCc4ccc(Cl)cc4)cc3)ncc2C1)C(=O)O. The summed E-state index contributed by atoms with van der Waals surface area (Å²) < 4.78 is 5.84. The lowest BCUT2D eigenvalue weighted by Crippen LogP contribution is -2.36. The summed E-state index contributed by atoms with van der Waals surface area (Å²) in [4.78, 5) is 22.5. The van der Waals surface area contributed by atoms with E-state index in [1.54, 1.807) is 6.92 Å². The molecule has 1 atom stereocenters. The highest BCUT2D eigenvalue weighted by Crippen LogP contribution is 2.24. The van der Waals surface area contributed by atoms with E-state index in [0.717, 1.165) is 41.1 Å². The molecule has 1 aliphatic rings. The van der Waals surface area contributed by atoms with E-state index in [0.29, 0.717) is 30.5 Å². The first kappa shape index (κ1) is 21.3. The van der Waals surface area contributed by atoms with Crippen molar-refractivity contribution in [1.82, 2.24) is 14.9 Å². The van der Waals surface area contributed by atoms with Crippen LogP contribution in [0.5, 0.6) is 5.75 Å². The summed E-state index contributed by atoms with van der Waals surface area (Å²) in [5.41, 5.74) is 4.09. The number of rotatable bonds is 7. The van der Waals surface area contributed by atoms with Gasteiger partial charge in [-0.2, -0.15) is 0 Å². The zero-order valence-corrected chi connectivity index (χ0v) is 18.0. The number of carbonyl (C=O) groups is 1. The minimum absolute atomic E-state index is 0.387. The Hall–Kier alpha value is -2.96. The summed E-state index contributed by atoms with van der Waals surface area (Å²) in [6.45, 7) is 4.24. The molecule has 0 amide bonds. The molecule has 0 saturated carbocycles. The lowest BCUT2D eigenvalue weighted by molar-refractivity contribution is -0.141. The lowest BCUT2D eigenvalue weighted by Gasteiger charge is -2.29. The van der Waals surface area contributed by atoms with Gasteiger partial charge in [-0.15, -0.1) is 0 Å². The molecule has 4 rings (SSSR count). The van der Waals surface area contributed by atoms with Gasteiger partial charge in [-0.1, -0.05) is 30.7 Å². The van der Waals surface area contributed by atoms with Gasteiger partial charge in [0.05, 0.1) is 11.6 Å². The van der Waals surface area contributed by atoms with Crippen molar-refractivity contribution in [1.29, 1.82) is 0 Å². The van der Waals surface area contributed by atoms with Gasteiger partial charge in [-0.05, 0) is 42.0 Å². The maximum Gasteiger partial charge on any atom is 0.307 e. The number of hydrogen-bond donors (Lipinski definition) is 1. The van der Waals surface area contributed by atoms with E-state index in [9.17, 15) is 4.79 Å². The van der Waals surface area contributed by atoms with E-state index >= 15 is 0 Å².